The van der Waals surface area contributed by atoms with Crippen LogP contribution in [-0.2, 0) is 9.59 Å². The fourth-order valence-corrected chi connectivity index (χ4v) is 3.25. The summed E-state index contributed by atoms with van der Waals surface area (Å²) in [5.74, 6) is 2.15. The molecule has 4 heteroatoms. The summed E-state index contributed by atoms with van der Waals surface area (Å²) in [4.78, 5) is 25.0. The van der Waals surface area contributed by atoms with Crippen LogP contribution in [0.3, 0.4) is 0 Å². The SMILES string of the molecule is CC(=O)SCC1CC(=O)N(C(C)CCCC(C)C)C1. The lowest BCUT2D eigenvalue weighted by Crippen LogP contribution is -2.34. The second kappa shape index (κ2) is 7.93. The molecule has 110 valence electrons. The number of amides is 1. The first-order valence-electron chi connectivity index (χ1n) is 7.33. The van der Waals surface area contributed by atoms with Gasteiger partial charge in [-0.1, -0.05) is 38.5 Å². The molecule has 0 radical (unpaired) electrons. The van der Waals surface area contributed by atoms with Crippen molar-refractivity contribution in [3.05, 3.63) is 0 Å². The first kappa shape index (κ1) is 16.5. The highest BCUT2D eigenvalue weighted by Crippen LogP contribution is 2.25. The third kappa shape index (κ3) is 5.98. The summed E-state index contributed by atoms with van der Waals surface area (Å²) in [6, 6.07) is 0.346. The Morgan fingerprint density at radius 1 is 1.37 bits per heavy atom. The van der Waals surface area contributed by atoms with Crippen molar-refractivity contribution < 1.29 is 9.59 Å². The van der Waals surface area contributed by atoms with Crippen LogP contribution in [0.4, 0.5) is 0 Å². The van der Waals surface area contributed by atoms with Crippen LogP contribution in [0.25, 0.3) is 0 Å². The molecule has 0 aromatic carbocycles. The molecule has 1 fully saturated rings. The Morgan fingerprint density at radius 2 is 2.05 bits per heavy atom. The maximum absolute atomic E-state index is 12.0. The number of likely N-dealkylation sites (tertiary alicyclic amines) is 1. The number of carbonyl (C=O) groups excluding carboxylic acids is 2. The minimum Gasteiger partial charge on any atom is -0.340 e. The van der Waals surface area contributed by atoms with Crippen LogP contribution in [0.5, 0.6) is 0 Å². The molecule has 1 aliphatic rings. The number of rotatable bonds is 7. The molecular formula is C15H27NO2S. The van der Waals surface area contributed by atoms with Crippen LogP contribution in [-0.4, -0.2) is 34.3 Å². The molecule has 1 heterocycles. The average Bonchev–Trinajstić information content (AvgIpc) is 2.67. The molecule has 1 saturated heterocycles. The van der Waals surface area contributed by atoms with Crippen molar-refractivity contribution in [2.45, 2.75) is 59.4 Å². The summed E-state index contributed by atoms with van der Waals surface area (Å²) < 4.78 is 0. The standard InChI is InChI=1S/C15H27NO2S/c1-11(2)6-5-7-12(3)16-9-14(8-15(16)18)10-19-13(4)17/h11-12,14H,5-10H2,1-4H3. The van der Waals surface area contributed by atoms with E-state index in [1.807, 2.05) is 4.90 Å². The number of hydrogen-bond donors (Lipinski definition) is 0. The third-order valence-corrected chi connectivity index (χ3v) is 4.74. The minimum absolute atomic E-state index is 0.149. The van der Waals surface area contributed by atoms with Crippen molar-refractivity contribution in [3.63, 3.8) is 0 Å². The third-order valence-electron chi connectivity index (χ3n) is 3.70. The Labute approximate surface area is 121 Å². The zero-order valence-electron chi connectivity index (χ0n) is 12.6. The fourth-order valence-electron chi connectivity index (χ4n) is 2.56. The molecule has 0 N–H and O–H groups in total. The van der Waals surface area contributed by atoms with Gasteiger partial charge in [-0.25, -0.2) is 0 Å². The maximum Gasteiger partial charge on any atom is 0.223 e. The number of hydrogen-bond acceptors (Lipinski definition) is 3. The lowest BCUT2D eigenvalue weighted by molar-refractivity contribution is -0.129. The zero-order chi connectivity index (χ0) is 14.4. The number of nitrogens with zero attached hydrogens (tertiary/aromatic N) is 1. The molecule has 0 aromatic rings. The average molecular weight is 285 g/mol. The summed E-state index contributed by atoms with van der Waals surface area (Å²) in [5.41, 5.74) is 0. The van der Waals surface area contributed by atoms with E-state index in [0.717, 1.165) is 24.6 Å². The predicted octanol–water partition coefficient (Wildman–Crippen LogP) is 3.33. The first-order chi connectivity index (χ1) is 8.90. The van der Waals surface area contributed by atoms with Gasteiger partial charge in [-0.3, -0.25) is 9.59 Å². The quantitative estimate of drug-likeness (QED) is 0.720. The van der Waals surface area contributed by atoms with Gasteiger partial charge in [0.25, 0.3) is 0 Å². The van der Waals surface area contributed by atoms with Gasteiger partial charge in [0.05, 0.1) is 0 Å². The van der Waals surface area contributed by atoms with Gasteiger partial charge in [0.15, 0.2) is 5.12 Å². The molecule has 2 unspecified atom stereocenters. The molecule has 1 rings (SSSR count). The Kier molecular flexibility index (Phi) is 6.90. The maximum atomic E-state index is 12.0. The van der Waals surface area contributed by atoms with E-state index >= 15 is 0 Å². The largest absolute Gasteiger partial charge is 0.340 e. The molecule has 3 nitrogen and oxygen atoms in total. The molecular weight excluding hydrogens is 258 g/mol. The summed E-state index contributed by atoms with van der Waals surface area (Å²) in [6.07, 6.45) is 4.14. The van der Waals surface area contributed by atoms with Crippen molar-refractivity contribution in [2.24, 2.45) is 11.8 Å². The molecule has 1 aliphatic heterocycles. The second-order valence-corrected chi connectivity index (χ2v) is 7.29. The van der Waals surface area contributed by atoms with Crippen LogP contribution in [0.1, 0.15) is 53.4 Å². The van der Waals surface area contributed by atoms with E-state index in [1.165, 1.54) is 24.6 Å². The zero-order valence-corrected chi connectivity index (χ0v) is 13.5. The van der Waals surface area contributed by atoms with Crippen molar-refractivity contribution in [3.8, 4) is 0 Å². The van der Waals surface area contributed by atoms with Gasteiger partial charge in [-0.2, -0.15) is 0 Å². The van der Waals surface area contributed by atoms with Crippen LogP contribution in [0.2, 0.25) is 0 Å². The highest BCUT2D eigenvalue weighted by Gasteiger charge is 2.32. The molecule has 0 aromatic heterocycles. The lowest BCUT2D eigenvalue weighted by Gasteiger charge is -2.25. The van der Waals surface area contributed by atoms with Crippen molar-refractivity contribution in [1.29, 1.82) is 0 Å². The van der Waals surface area contributed by atoms with Gasteiger partial charge in [0, 0.05) is 31.7 Å². The normalized spacial score (nSPS) is 21.2. The Bertz CT molecular complexity index is 317. The summed E-state index contributed by atoms with van der Waals surface area (Å²) in [7, 11) is 0. The van der Waals surface area contributed by atoms with Crippen LogP contribution < -0.4 is 0 Å². The molecule has 0 bridgehead atoms. The molecule has 1 amide bonds. The van der Waals surface area contributed by atoms with Gasteiger partial charge in [0.1, 0.15) is 0 Å². The van der Waals surface area contributed by atoms with Gasteiger partial charge >= 0.3 is 0 Å². The highest BCUT2D eigenvalue weighted by molar-refractivity contribution is 8.13. The van der Waals surface area contributed by atoms with E-state index in [2.05, 4.69) is 20.8 Å². The van der Waals surface area contributed by atoms with Crippen molar-refractivity contribution >= 4 is 22.8 Å². The monoisotopic (exact) mass is 285 g/mol. The van der Waals surface area contributed by atoms with Crippen molar-refractivity contribution in [1.82, 2.24) is 4.90 Å². The first-order valence-corrected chi connectivity index (χ1v) is 8.31. The summed E-state index contributed by atoms with van der Waals surface area (Å²) in [5, 5.41) is 0.149. The Morgan fingerprint density at radius 3 is 2.63 bits per heavy atom. The van der Waals surface area contributed by atoms with E-state index in [9.17, 15) is 9.59 Å². The Hall–Kier alpha value is -0.510. The van der Waals surface area contributed by atoms with Crippen LogP contribution in [0, 0.1) is 11.8 Å². The molecule has 2 atom stereocenters. The van der Waals surface area contributed by atoms with Gasteiger partial charge < -0.3 is 4.90 Å². The highest BCUT2D eigenvalue weighted by atomic mass is 32.2. The van der Waals surface area contributed by atoms with E-state index in [4.69, 9.17) is 0 Å². The second-order valence-electron chi connectivity index (χ2n) is 6.09. The van der Waals surface area contributed by atoms with Crippen LogP contribution in [0.15, 0.2) is 0 Å². The van der Waals surface area contributed by atoms with E-state index < -0.39 is 0 Å². The molecule has 0 saturated carbocycles. The Balaban J connectivity index is 2.33. The number of carbonyl (C=O) groups is 2. The van der Waals surface area contributed by atoms with E-state index in [1.54, 1.807) is 6.92 Å². The van der Waals surface area contributed by atoms with E-state index in [-0.39, 0.29) is 11.0 Å². The predicted molar refractivity (Wildman–Crippen MR) is 81.1 cm³/mol. The van der Waals surface area contributed by atoms with E-state index in [0.29, 0.717) is 18.4 Å². The molecule has 0 aliphatic carbocycles. The number of thioether (sulfide) groups is 1. The van der Waals surface area contributed by atoms with Gasteiger partial charge in [-0.05, 0) is 25.2 Å². The summed E-state index contributed by atoms with van der Waals surface area (Å²) in [6.45, 7) is 9.05. The van der Waals surface area contributed by atoms with Crippen molar-refractivity contribution in [2.75, 3.05) is 12.3 Å². The molecule has 19 heavy (non-hydrogen) atoms. The lowest BCUT2D eigenvalue weighted by atomic mass is 10.0. The molecule has 0 spiro atoms. The fraction of sp³-hybridized carbons (Fsp3) is 0.867. The smallest absolute Gasteiger partial charge is 0.223 e. The van der Waals surface area contributed by atoms with Gasteiger partial charge in [0.2, 0.25) is 5.91 Å². The topological polar surface area (TPSA) is 37.4 Å². The minimum atomic E-state index is 0.149. The van der Waals surface area contributed by atoms with Crippen LogP contribution >= 0.6 is 11.8 Å². The summed E-state index contributed by atoms with van der Waals surface area (Å²) >= 11 is 1.35. The van der Waals surface area contributed by atoms with Gasteiger partial charge in [-0.15, -0.1) is 0 Å².